The summed E-state index contributed by atoms with van der Waals surface area (Å²) in [5, 5.41) is 10.1. The van der Waals surface area contributed by atoms with Gasteiger partial charge in [0.05, 0.1) is 31.2 Å². The first-order valence-corrected chi connectivity index (χ1v) is 7.25. The molecule has 6 nitrogen and oxygen atoms in total. The average molecular weight is 310 g/mol. The molecule has 6 heteroatoms. The van der Waals surface area contributed by atoms with Gasteiger partial charge >= 0.3 is 0 Å². The van der Waals surface area contributed by atoms with Crippen molar-refractivity contribution in [3.05, 3.63) is 60.0 Å². The van der Waals surface area contributed by atoms with Gasteiger partial charge in [-0.05, 0) is 36.8 Å². The summed E-state index contributed by atoms with van der Waals surface area (Å²) in [4.78, 5) is 4.31. The Morgan fingerprint density at radius 1 is 1.13 bits per heavy atom. The minimum absolute atomic E-state index is 0.513. The van der Waals surface area contributed by atoms with Gasteiger partial charge in [-0.2, -0.15) is 5.10 Å². The second-order valence-electron chi connectivity index (χ2n) is 5.08. The average Bonchev–Trinajstić information content (AvgIpc) is 3.09. The zero-order valence-electron chi connectivity index (χ0n) is 13.0. The molecule has 0 amide bonds. The maximum Gasteiger partial charge on any atom is 0.219 e. The number of aryl methyl sites for hydroxylation is 1. The number of nitrogens with one attached hydrogen (secondary N) is 2. The van der Waals surface area contributed by atoms with E-state index in [1.165, 1.54) is 0 Å². The minimum atomic E-state index is 0.513. The van der Waals surface area contributed by atoms with Crippen LogP contribution in [0.5, 0.6) is 17.4 Å². The first-order chi connectivity index (χ1) is 11.2. The normalized spacial score (nSPS) is 10.3. The lowest BCUT2D eigenvalue weighted by molar-refractivity contribution is 0.374. The standard InChI is InChI=1S/C17H18N4O2/c1-12-3-5-15(16(9-12)22-2)23-17-6-4-13(10-19-17)18-11-14-7-8-20-21-14/h3-10,18H,11H2,1-2H3,(H,20,21). The van der Waals surface area contributed by atoms with E-state index < -0.39 is 0 Å². The summed E-state index contributed by atoms with van der Waals surface area (Å²) < 4.78 is 11.1. The van der Waals surface area contributed by atoms with E-state index in [1.54, 1.807) is 19.5 Å². The van der Waals surface area contributed by atoms with Crippen LogP contribution in [0.2, 0.25) is 0 Å². The Morgan fingerprint density at radius 3 is 2.74 bits per heavy atom. The first kappa shape index (κ1) is 14.9. The second kappa shape index (κ2) is 6.83. The molecule has 2 N–H and O–H groups in total. The molecule has 2 aromatic heterocycles. The topological polar surface area (TPSA) is 72.1 Å². The van der Waals surface area contributed by atoms with Crippen molar-refractivity contribution in [1.82, 2.24) is 15.2 Å². The number of aromatic amines is 1. The Morgan fingerprint density at radius 2 is 2.04 bits per heavy atom. The van der Waals surface area contributed by atoms with Crippen LogP contribution >= 0.6 is 0 Å². The lowest BCUT2D eigenvalue weighted by Gasteiger charge is -2.11. The summed E-state index contributed by atoms with van der Waals surface area (Å²) in [5.74, 6) is 1.84. The van der Waals surface area contributed by atoms with Gasteiger partial charge in [0, 0.05) is 12.3 Å². The van der Waals surface area contributed by atoms with Gasteiger partial charge in [-0.3, -0.25) is 5.10 Å². The van der Waals surface area contributed by atoms with Crippen LogP contribution in [0, 0.1) is 6.92 Å². The van der Waals surface area contributed by atoms with E-state index >= 15 is 0 Å². The van der Waals surface area contributed by atoms with Gasteiger partial charge in [0.25, 0.3) is 0 Å². The number of H-pyrrole nitrogens is 1. The highest BCUT2D eigenvalue weighted by atomic mass is 16.5. The highest BCUT2D eigenvalue weighted by Gasteiger charge is 2.06. The third-order valence-electron chi connectivity index (χ3n) is 3.31. The quantitative estimate of drug-likeness (QED) is 0.729. The fourth-order valence-electron chi connectivity index (χ4n) is 2.10. The molecule has 0 aliphatic heterocycles. The molecular formula is C17H18N4O2. The van der Waals surface area contributed by atoms with E-state index in [4.69, 9.17) is 9.47 Å². The third kappa shape index (κ3) is 3.79. The van der Waals surface area contributed by atoms with E-state index in [2.05, 4.69) is 20.5 Å². The number of ether oxygens (including phenoxy) is 2. The molecular weight excluding hydrogens is 292 g/mol. The molecule has 0 fully saturated rings. The molecule has 0 saturated carbocycles. The van der Waals surface area contributed by atoms with Crippen LogP contribution in [0.4, 0.5) is 5.69 Å². The number of benzene rings is 1. The molecule has 1 aromatic carbocycles. The molecule has 0 aliphatic carbocycles. The van der Waals surface area contributed by atoms with Gasteiger partial charge in [-0.15, -0.1) is 0 Å². The zero-order chi connectivity index (χ0) is 16.1. The largest absolute Gasteiger partial charge is 0.493 e. The summed E-state index contributed by atoms with van der Waals surface area (Å²) in [7, 11) is 1.62. The van der Waals surface area contributed by atoms with E-state index in [1.807, 2.05) is 43.3 Å². The van der Waals surface area contributed by atoms with E-state index in [0.29, 0.717) is 23.9 Å². The number of anilines is 1. The van der Waals surface area contributed by atoms with Crippen molar-refractivity contribution in [2.45, 2.75) is 13.5 Å². The SMILES string of the molecule is COc1cc(C)ccc1Oc1ccc(NCc2ccn[nH]2)cn1. The maximum atomic E-state index is 5.78. The van der Waals surface area contributed by atoms with Gasteiger partial charge in [0.2, 0.25) is 5.88 Å². The molecule has 23 heavy (non-hydrogen) atoms. The van der Waals surface area contributed by atoms with E-state index in [0.717, 1.165) is 16.9 Å². The van der Waals surface area contributed by atoms with Gasteiger partial charge in [0.15, 0.2) is 11.5 Å². The number of hydrogen-bond donors (Lipinski definition) is 2. The highest BCUT2D eigenvalue weighted by Crippen LogP contribution is 2.31. The van der Waals surface area contributed by atoms with Crippen LogP contribution < -0.4 is 14.8 Å². The number of methoxy groups -OCH3 is 1. The van der Waals surface area contributed by atoms with Crippen molar-refractivity contribution in [2.75, 3.05) is 12.4 Å². The molecule has 0 atom stereocenters. The van der Waals surface area contributed by atoms with E-state index in [-0.39, 0.29) is 0 Å². The van der Waals surface area contributed by atoms with Crippen molar-refractivity contribution in [2.24, 2.45) is 0 Å². The smallest absolute Gasteiger partial charge is 0.219 e. The lowest BCUT2D eigenvalue weighted by Crippen LogP contribution is -2.00. The van der Waals surface area contributed by atoms with Crippen LogP contribution in [0.1, 0.15) is 11.3 Å². The van der Waals surface area contributed by atoms with Crippen molar-refractivity contribution in [1.29, 1.82) is 0 Å². The molecule has 0 radical (unpaired) electrons. The van der Waals surface area contributed by atoms with Crippen molar-refractivity contribution in [3.63, 3.8) is 0 Å². The van der Waals surface area contributed by atoms with E-state index in [9.17, 15) is 0 Å². The molecule has 2 heterocycles. The Hall–Kier alpha value is -3.02. The summed E-state index contributed by atoms with van der Waals surface area (Å²) in [5.41, 5.74) is 3.03. The number of hydrogen-bond acceptors (Lipinski definition) is 5. The first-order valence-electron chi connectivity index (χ1n) is 7.25. The summed E-state index contributed by atoms with van der Waals surface area (Å²) in [6.07, 6.45) is 3.45. The molecule has 3 aromatic rings. The number of aromatic nitrogens is 3. The van der Waals surface area contributed by atoms with Crippen LogP contribution in [-0.2, 0) is 6.54 Å². The number of rotatable bonds is 6. The molecule has 0 bridgehead atoms. The van der Waals surface area contributed by atoms with Gasteiger partial charge in [-0.25, -0.2) is 4.98 Å². The molecule has 0 unspecified atom stereocenters. The zero-order valence-corrected chi connectivity index (χ0v) is 13.0. The van der Waals surface area contributed by atoms with Gasteiger partial charge < -0.3 is 14.8 Å². The maximum absolute atomic E-state index is 5.78. The monoisotopic (exact) mass is 310 g/mol. The van der Waals surface area contributed by atoms with Crippen LogP contribution in [0.15, 0.2) is 48.8 Å². The lowest BCUT2D eigenvalue weighted by atomic mass is 10.2. The fourth-order valence-corrected chi connectivity index (χ4v) is 2.10. The number of pyridine rings is 1. The Kier molecular flexibility index (Phi) is 4.42. The molecule has 0 aliphatic rings. The summed E-state index contributed by atoms with van der Waals surface area (Å²) >= 11 is 0. The second-order valence-corrected chi connectivity index (χ2v) is 5.08. The van der Waals surface area contributed by atoms with Crippen LogP contribution in [-0.4, -0.2) is 22.3 Å². The fraction of sp³-hybridized carbons (Fsp3) is 0.176. The Labute approximate surface area is 134 Å². The van der Waals surface area contributed by atoms with Gasteiger partial charge in [0.1, 0.15) is 0 Å². The Balaban J connectivity index is 1.65. The summed E-state index contributed by atoms with van der Waals surface area (Å²) in [6, 6.07) is 11.4. The van der Waals surface area contributed by atoms with Gasteiger partial charge in [-0.1, -0.05) is 6.07 Å². The Bertz CT molecular complexity index is 755. The van der Waals surface area contributed by atoms with Crippen molar-refractivity contribution >= 4 is 5.69 Å². The molecule has 0 spiro atoms. The highest BCUT2D eigenvalue weighted by molar-refractivity contribution is 5.46. The predicted octanol–water partition coefficient (Wildman–Crippen LogP) is 3.53. The molecule has 3 rings (SSSR count). The van der Waals surface area contributed by atoms with Crippen LogP contribution in [0.25, 0.3) is 0 Å². The van der Waals surface area contributed by atoms with Crippen molar-refractivity contribution in [3.8, 4) is 17.4 Å². The van der Waals surface area contributed by atoms with Crippen molar-refractivity contribution < 1.29 is 9.47 Å². The molecule has 118 valence electrons. The predicted molar refractivity (Wildman–Crippen MR) is 88.0 cm³/mol. The molecule has 0 saturated heterocycles. The number of nitrogens with zero attached hydrogens (tertiary/aromatic N) is 2. The summed E-state index contributed by atoms with van der Waals surface area (Å²) in [6.45, 7) is 2.67. The minimum Gasteiger partial charge on any atom is -0.493 e. The van der Waals surface area contributed by atoms with Crippen LogP contribution in [0.3, 0.4) is 0 Å². The third-order valence-corrected chi connectivity index (χ3v) is 3.31.